The second-order valence-electron chi connectivity index (χ2n) is 3.90. The van der Waals surface area contributed by atoms with E-state index in [0.717, 1.165) is 10.3 Å². The number of nitrogens with zero attached hydrogens (tertiary/aromatic N) is 1. The molecule has 0 radical (unpaired) electrons. The Morgan fingerprint density at radius 2 is 1.78 bits per heavy atom. The Morgan fingerprint density at radius 1 is 1.00 bits per heavy atom. The van der Waals surface area contributed by atoms with Crippen molar-refractivity contribution in [3.05, 3.63) is 59.3 Å². The van der Waals surface area contributed by atoms with Crippen LogP contribution in [0.15, 0.2) is 48.5 Å². The van der Waals surface area contributed by atoms with Gasteiger partial charge in [-0.2, -0.15) is 4.74 Å². The van der Waals surface area contributed by atoms with Crippen molar-refractivity contribution < 1.29 is 14.2 Å². The van der Waals surface area contributed by atoms with Gasteiger partial charge in [0, 0.05) is 17.7 Å². The van der Waals surface area contributed by atoms with Gasteiger partial charge >= 0.3 is 0 Å². The normalized spacial score (nSPS) is 13.7. The third-order valence-electron chi connectivity index (χ3n) is 2.67. The van der Waals surface area contributed by atoms with E-state index < -0.39 is 0 Å². The lowest BCUT2D eigenvalue weighted by Gasteiger charge is -2.02. The van der Waals surface area contributed by atoms with Gasteiger partial charge in [0.15, 0.2) is 17.7 Å². The highest BCUT2D eigenvalue weighted by atomic mass is 16.7. The largest absolute Gasteiger partial charge is 0.618 e. The summed E-state index contributed by atoms with van der Waals surface area (Å²) in [5.74, 6) is 1.38. The fourth-order valence-electron chi connectivity index (χ4n) is 1.78. The predicted molar refractivity (Wildman–Crippen MR) is 67.5 cm³/mol. The molecule has 0 bridgehead atoms. The van der Waals surface area contributed by atoms with Crippen LogP contribution in [0.5, 0.6) is 11.5 Å². The van der Waals surface area contributed by atoms with Crippen LogP contribution in [0.4, 0.5) is 5.69 Å². The smallest absolute Gasteiger partial charge is 0.231 e. The fraction of sp³-hybridized carbons (Fsp3) is 0.0714. The summed E-state index contributed by atoms with van der Waals surface area (Å²) in [6.45, 7) is 0.235. The molecule has 0 fully saturated rings. The molecule has 0 unspecified atom stereocenters. The lowest BCUT2D eigenvalue weighted by Crippen LogP contribution is -1.98. The molecule has 1 aliphatic rings. The molecule has 0 aromatic heterocycles. The summed E-state index contributed by atoms with van der Waals surface area (Å²) in [5, 5.41) is 11.9. The molecule has 1 aliphatic heterocycles. The predicted octanol–water partition coefficient (Wildman–Crippen LogP) is 2.68. The third-order valence-corrected chi connectivity index (χ3v) is 2.67. The van der Waals surface area contributed by atoms with E-state index >= 15 is 0 Å². The first-order chi connectivity index (χ1) is 8.83. The lowest BCUT2D eigenvalue weighted by atomic mass is 10.2. The van der Waals surface area contributed by atoms with Gasteiger partial charge in [0.25, 0.3) is 0 Å². The molecule has 2 aromatic carbocycles. The number of benzene rings is 2. The monoisotopic (exact) mass is 241 g/mol. The molecule has 18 heavy (non-hydrogen) atoms. The van der Waals surface area contributed by atoms with E-state index in [1.807, 2.05) is 24.3 Å². The average molecular weight is 241 g/mol. The van der Waals surface area contributed by atoms with Crippen molar-refractivity contribution in [1.82, 2.24) is 0 Å². The number of para-hydroxylation sites is 1. The summed E-state index contributed by atoms with van der Waals surface area (Å²) in [6, 6.07) is 14.5. The Labute approximate surface area is 104 Å². The first kappa shape index (κ1) is 10.7. The second-order valence-corrected chi connectivity index (χ2v) is 3.90. The molecule has 0 spiro atoms. The van der Waals surface area contributed by atoms with Crippen molar-refractivity contribution in [2.24, 2.45) is 0 Å². The van der Waals surface area contributed by atoms with Crippen LogP contribution >= 0.6 is 0 Å². The SMILES string of the molecule is [O-]/[N+](=C\c1ccc2c(c1)OCO2)c1ccccc1. The molecule has 0 aliphatic carbocycles. The number of rotatable bonds is 2. The van der Waals surface area contributed by atoms with Crippen LogP contribution in [0.2, 0.25) is 0 Å². The summed E-state index contributed by atoms with van der Waals surface area (Å²) in [6.07, 6.45) is 1.51. The van der Waals surface area contributed by atoms with Gasteiger partial charge in [-0.3, -0.25) is 0 Å². The van der Waals surface area contributed by atoms with Gasteiger partial charge in [-0.05, 0) is 18.2 Å². The molecule has 4 nitrogen and oxygen atoms in total. The highest BCUT2D eigenvalue weighted by molar-refractivity contribution is 5.78. The number of hydrogen-bond donors (Lipinski definition) is 0. The van der Waals surface area contributed by atoms with Crippen LogP contribution in [-0.2, 0) is 0 Å². The Balaban J connectivity index is 1.92. The highest BCUT2D eigenvalue weighted by Crippen LogP contribution is 2.32. The Bertz CT molecular complexity index is 593. The van der Waals surface area contributed by atoms with Crippen molar-refractivity contribution in [2.75, 3.05) is 6.79 Å². The molecule has 0 atom stereocenters. The molecular weight excluding hydrogens is 230 g/mol. The minimum Gasteiger partial charge on any atom is -0.618 e. The van der Waals surface area contributed by atoms with Crippen LogP contribution in [0.25, 0.3) is 0 Å². The van der Waals surface area contributed by atoms with Crippen LogP contribution in [0, 0.1) is 5.21 Å². The Kier molecular flexibility index (Phi) is 2.61. The molecule has 4 heteroatoms. The molecule has 0 saturated heterocycles. The number of fused-ring (bicyclic) bond motifs is 1. The van der Waals surface area contributed by atoms with Gasteiger partial charge < -0.3 is 14.7 Å². The van der Waals surface area contributed by atoms with Gasteiger partial charge in [-0.25, -0.2) is 0 Å². The number of hydrogen-bond acceptors (Lipinski definition) is 3. The van der Waals surface area contributed by atoms with Gasteiger partial charge in [0.1, 0.15) is 0 Å². The molecule has 90 valence electrons. The van der Waals surface area contributed by atoms with Gasteiger partial charge in [0.2, 0.25) is 12.5 Å². The minimum atomic E-state index is 0.235. The van der Waals surface area contributed by atoms with Gasteiger partial charge in [0.05, 0.1) is 0 Å². The summed E-state index contributed by atoms with van der Waals surface area (Å²) >= 11 is 0. The first-order valence-corrected chi connectivity index (χ1v) is 5.59. The topological polar surface area (TPSA) is 44.5 Å². The van der Waals surface area contributed by atoms with E-state index in [0.29, 0.717) is 17.2 Å². The third kappa shape index (κ3) is 2.00. The maximum absolute atomic E-state index is 11.9. The molecule has 0 N–H and O–H groups in total. The van der Waals surface area contributed by atoms with E-state index in [2.05, 4.69) is 0 Å². The maximum atomic E-state index is 11.9. The fourth-order valence-corrected chi connectivity index (χ4v) is 1.78. The highest BCUT2D eigenvalue weighted by Gasteiger charge is 2.13. The van der Waals surface area contributed by atoms with E-state index in [9.17, 15) is 5.21 Å². The average Bonchev–Trinajstić information content (AvgIpc) is 2.87. The molecule has 3 rings (SSSR count). The van der Waals surface area contributed by atoms with E-state index in [4.69, 9.17) is 9.47 Å². The zero-order valence-corrected chi connectivity index (χ0v) is 9.58. The second kappa shape index (κ2) is 4.41. The molecule has 0 saturated carbocycles. The lowest BCUT2D eigenvalue weighted by molar-refractivity contribution is -0.354. The van der Waals surface area contributed by atoms with Crippen molar-refractivity contribution in [2.45, 2.75) is 0 Å². The standard InChI is InChI=1S/C14H11NO3/c16-15(12-4-2-1-3-5-12)9-11-6-7-13-14(8-11)18-10-17-13/h1-9H,10H2/b15-9-. The van der Waals surface area contributed by atoms with Crippen LogP contribution < -0.4 is 9.47 Å². The van der Waals surface area contributed by atoms with Crippen molar-refractivity contribution in [1.29, 1.82) is 0 Å². The zero-order valence-electron chi connectivity index (χ0n) is 9.58. The molecule has 0 amide bonds. The van der Waals surface area contributed by atoms with Crippen LogP contribution in [-0.4, -0.2) is 17.7 Å². The van der Waals surface area contributed by atoms with Crippen molar-refractivity contribution >= 4 is 11.9 Å². The van der Waals surface area contributed by atoms with E-state index in [1.165, 1.54) is 6.21 Å². The molecular formula is C14H11NO3. The van der Waals surface area contributed by atoms with Gasteiger partial charge in [-0.1, -0.05) is 18.2 Å². The maximum Gasteiger partial charge on any atom is 0.231 e. The van der Waals surface area contributed by atoms with E-state index in [1.54, 1.807) is 24.3 Å². The summed E-state index contributed by atoms with van der Waals surface area (Å²) < 4.78 is 11.3. The van der Waals surface area contributed by atoms with Crippen LogP contribution in [0.1, 0.15) is 5.56 Å². The van der Waals surface area contributed by atoms with Crippen molar-refractivity contribution in [3.8, 4) is 11.5 Å². The van der Waals surface area contributed by atoms with E-state index in [-0.39, 0.29) is 6.79 Å². The minimum absolute atomic E-state index is 0.235. The molecule has 1 heterocycles. The Hall–Kier alpha value is -2.49. The Morgan fingerprint density at radius 3 is 2.61 bits per heavy atom. The zero-order chi connectivity index (χ0) is 12.4. The quantitative estimate of drug-likeness (QED) is 0.351. The summed E-state index contributed by atoms with van der Waals surface area (Å²) in [4.78, 5) is 0. The number of ether oxygens (including phenoxy) is 2. The first-order valence-electron chi connectivity index (χ1n) is 5.59. The summed E-state index contributed by atoms with van der Waals surface area (Å²) in [5.41, 5.74) is 1.37. The van der Waals surface area contributed by atoms with Crippen molar-refractivity contribution in [3.63, 3.8) is 0 Å². The van der Waals surface area contributed by atoms with Crippen LogP contribution in [0.3, 0.4) is 0 Å². The molecule has 2 aromatic rings. The summed E-state index contributed by atoms with van der Waals surface area (Å²) in [7, 11) is 0. The van der Waals surface area contributed by atoms with Gasteiger partial charge in [-0.15, -0.1) is 0 Å².